The molecule has 0 aromatic heterocycles. The normalized spacial score (nSPS) is 11.5. The first-order chi connectivity index (χ1) is 9.77. The Balaban J connectivity index is 2.23. The molecule has 0 unspecified atom stereocenters. The Labute approximate surface area is 119 Å². The first-order valence-corrected chi connectivity index (χ1v) is 6.23. The van der Waals surface area contributed by atoms with Gasteiger partial charge in [0.25, 0.3) is 0 Å². The molecule has 5 heteroatoms. The summed E-state index contributed by atoms with van der Waals surface area (Å²) < 4.78 is 50.8. The molecule has 0 atom stereocenters. The Bertz CT molecular complexity index is 674. The first-order valence-electron chi connectivity index (χ1n) is 6.23. The molecule has 1 nitrogen and oxygen atoms in total. The van der Waals surface area contributed by atoms with Crippen molar-refractivity contribution in [2.45, 2.75) is 19.5 Å². The summed E-state index contributed by atoms with van der Waals surface area (Å²) in [5, 5.41) is 0. The SMILES string of the molecule is Cc1cccc(CC(=O)c2ccc(C(F)(F)F)c(F)c2)c1. The third-order valence-electron chi connectivity index (χ3n) is 3.04. The van der Waals surface area contributed by atoms with Gasteiger partial charge in [-0.05, 0) is 24.6 Å². The lowest BCUT2D eigenvalue weighted by molar-refractivity contribution is -0.140. The molecule has 0 aliphatic carbocycles. The number of rotatable bonds is 3. The fourth-order valence-corrected chi connectivity index (χ4v) is 2.03. The molecule has 110 valence electrons. The van der Waals surface area contributed by atoms with Gasteiger partial charge in [-0.25, -0.2) is 4.39 Å². The van der Waals surface area contributed by atoms with E-state index in [9.17, 15) is 22.4 Å². The molecule has 2 aromatic carbocycles. The molecule has 21 heavy (non-hydrogen) atoms. The second kappa shape index (κ2) is 5.68. The van der Waals surface area contributed by atoms with Crippen molar-refractivity contribution >= 4 is 5.78 Å². The average Bonchev–Trinajstić information content (AvgIpc) is 2.37. The van der Waals surface area contributed by atoms with Crippen LogP contribution in [0.25, 0.3) is 0 Å². The molecule has 0 saturated heterocycles. The third-order valence-corrected chi connectivity index (χ3v) is 3.04. The van der Waals surface area contributed by atoms with Crippen LogP contribution in [0.3, 0.4) is 0 Å². The lowest BCUT2D eigenvalue weighted by Gasteiger charge is -2.09. The van der Waals surface area contributed by atoms with Gasteiger partial charge < -0.3 is 0 Å². The highest BCUT2D eigenvalue weighted by atomic mass is 19.4. The van der Waals surface area contributed by atoms with E-state index in [-0.39, 0.29) is 12.0 Å². The van der Waals surface area contributed by atoms with Crippen LogP contribution in [0.4, 0.5) is 17.6 Å². The van der Waals surface area contributed by atoms with Crippen molar-refractivity contribution in [3.05, 3.63) is 70.5 Å². The molecule has 2 aromatic rings. The van der Waals surface area contributed by atoms with E-state index in [0.717, 1.165) is 17.2 Å². The van der Waals surface area contributed by atoms with Crippen molar-refractivity contribution < 1.29 is 22.4 Å². The molecular formula is C16H12F4O. The van der Waals surface area contributed by atoms with Crippen LogP contribution in [0.5, 0.6) is 0 Å². The Morgan fingerprint density at radius 3 is 2.38 bits per heavy atom. The average molecular weight is 296 g/mol. The van der Waals surface area contributed by atoms with E-state index in [0.29, 0.717) is 12.1 Å². The monoisotopic (exact) mass is 296 g/mol. The van der Waals surface area contributed by atoms with Gasteiger partial charge >= 0.3 is 6.18 Å². The molecule has 0 heterocycles. The smallest absolute Gasteiger partial charge is 0.294 e. The van der Waals surface area contributed by atoms with Crippen molar-refractivity contribution in [1.29, 1.82) is 0 Å². The Morgan fingerprint density at radius 1 is 1.10 bits per heavy atom. The van der Waals surface area contributed by atoms with Crippen molar-refractivity contribution in [2.75, 3.05) is 0 Å². The predicted octanol–water partition coefficient (Wildman–Crippen LogP) is 4.58. The fraction of sp³-hybridized carbons (Fsp3) is 0.188. The van der Waals surface area contributed by atoms with Gasteiger partial charge in [0.05, 0.1) is 5.56 Å². The number of halogens is 4. The Morgan fingerprint density at radius 2 is 1.81 bits per heavy atom. The largest absolute Gasteiger partial charge is 0.419 e. The zero-order valence-corrected chi connectivity index (χ0v) is 11.2. The van der Waals surface area contributed by atoms with Crippen LogP contribution < -0.4 is 0 Å². The number of alkyl halides is 3. The van der Waals surface area contributed by atoms with Crippen LogP contribution in [-0.4, -0.2) is 5.78 Å². The number of benzene rings is 2. The maximum absolute atomic E-state index is 13.4. The lowest BCUT2D eigenvalue weighted by atomic mass is 10.0. The highest BCUT2D eigenvalue weighted by Gasteiger charge is 2.34. The summed E-state index contributed by atoms with van der Waals surface area (Å²) in [7, 11) is 0. The summed E-state index contributed by atoms with van der Waals surface area (Å²) in [6, 6.07) is 9.44. The Hall–Kier alpha value is -2.17. The van der Waals surface area contributed by atoms with Crippen LogP contribution in [0.15, 0.2) is 42.5 Å². The van der Waals surface area contributed by atoms with Gasteiger partial charge in [0, 0.05) is 12.0 Å². The van der Waals surface area contributed by atoms with E-state index in [2.05, 4.69) is 0 Å². The van der Waals surface area contributed by atoms with Crippen LogP contribution in [-0.2, 0) is 12.6 Å². The predicted molar refractivity (Wildman–Crippen MR) is 70.6 cm³/mol. The Kier molecular flexibility index (Phi) is 4.11. The maximum atomic E-state index is 13.4. The maximum Gasteiger partial charge on any atom is 0.419 e. The third kappa shape index (κ3) is 3.68. The highest BCUT2D eigenvalue weighted by Crippen LogP contribution is 2.31. The van der Waals surface area contributed by atoms with Gasteiger partial charge in [-0.3, -0.25) is 4.79 Å². The van der Waals surface area contributed by atoms with Crippen molar-refractivity contribution in [3.63, 3.8) is 0 Å². The van der Waals surface area contributed by atoms with Gasteiger partial charge in [0.15, 0.2) is 5.78 Å². The summed E-state index contributed by atoms with van der Waals surface area (Å²) >= 11 is 0. The van der Waals surface area contributed by atoms with Crippen LogP contribution >= 0.6 is 0 Å². The molecule has 0 N–H and O–H groups in total. The van der Waals surface area contributed by atoms with Gasteiger partial charge in [-0.2, -0.15) is 13.2 Å². The van der Waals surface area contributed by atoms with Gasteiger partial charge in [0.2, 0.25) is 0 Å². The molecule has 0 bridgehead atoms. The van der Waals surface area contributed by atoms with E-state index >= 15 is 0 Å². The topological polar surface area (TPSA) is 17.1 Å². The molecule has 0 radical (unpaired) electrons. The van der Waals surface area contributed by atoms with E-state index < -0.39 is 23.3 Å². The number of hydrogen-bond acceptors (Lipinski definition) is 1. The summed E-state index contributed by atoms with van der Waals surface area (Å²) in [5.74, 6) is -1.86. The zero-order chi connectivity index (χ0) is 15.6. The van der Waals surface area contributed by atoms with Crippen molar-refractivity contribution in [3.8, 4) is 0 Å². The summed E-state index contributed by atoms with van der Waals surface area (Å²) in [4.78, 5) is 12.0. The number of Topliss-reactive ketones (excluding diaryl/α,β-unsaturated/α-hetero) is 1. The number of aryl methyl sites for hydroxylation is 1. The molecule has 0 saturated carbocycles. The quantitative estimate of drug-likeness (QED) is 0.598. The molecule has 0 aliphatic rings. The van der Waals surface area contributed by atoms with E-state index in [1.807, 2.05) is 13.0 Å². The van der Waals surface area contributed by atoms with Gasteiger partial charge in [-0.1, -0.05) is 35.9 Å². The lowest BCUT2D eigenvalue weighted by Crippen LogP contribution is -2.10. The second-order valence-corrected chi connectivity index (χ2v) is 4.78. The number of carbonyl (C=O) groups excluding carboxylic acids is 1. The number of hydrogen-bond donors (Lipinski definition) is 0. The van der Waals surface area contributed by atoms with Gasteiger partial charge in [-0.15, -0.1) is 0 Å². The first kappa shape index (κ1) is 15.2. The van der Waals surface area contributed by atoms with Gasteiger partial charge in [0.1, 0.15) is 5.82 Å². The molecular weight excluding hydrogens is 284 g/mol. The summed E-state index contributed by atoms with van der Waals surface area (Å²) in [6.45, 7) is 1.87. The molecule has 0 spiro atoms. The van der Waals surface area contributed by atoms with Crippen molar-refractivity contribution in [1.82, 2.24) is 0 Å². The molecule has 0 fully saturated rings. The standard InChI is InChI=1S/C16H12F4O/c1-10-3-2-4-11(7-10)8-15(21)12-5-6-13(14(17)9-12)16(18,19)20/h2-7,9H,8H2,1H3. The van der Waals surface area contributed by atoms with Crippen molar-refractivity contribution in [2.24, 2.45) is 0 Å². The molecule has 2 rings (SSSR count). The van der Waals surface area contributed by atoms with Crippen LogP contribution in [0.2, 0.25) is 0 Å². The minimum atomic E-state index is -4.76. The van der Waals surface area contributed by atoms with E-state index in [1.165, 1.54) is 0 Å². The molecule has 0 aliphatic heterocycles. The minimum absolute atomic E-state index is 0.0203. The number of ketones is 1. The second-order valence-electron chi connectivity index (χ2n) is 4.78. The highest BCUT2D eigenvalue weighted by molar-refractivity contribution is 5.97. The fourth-order valence-electron chi connectivity index (χ4n) is 2.03. The van der Waals surface area contributed by atoms with E-state index in [1.54, 1.807) is 18.2 Å². The van der Waals surface area contributed by atoms with E-state index in [4.69, 9.17) is 0 Å². The minimum Gasteiger partial charge on any atom is -0.294 e. The molecule has 0 amide bonds. The summed E-state index contributed by atoms with van der Waals surface area (Å²) in [6.07, 6.45) is -4.74. The van der Waals surface area contributed by atoms with Crippen LogP contribution in [0, 0.1) is 12.7 Å². The number of carbonyl (C=O) groups is 1. The van der Waals surface area contributed by atoms with Crippen LogP contribution in [0.1, 0.15) is 27.0 Å². The summed E-state index contributed by atoms with van der Waals surface area (Å²) in [5.41, 5.74) is 0.274. The zero-order valence-electron chi connectivity index (χ0n) is 11.2.